The highest BCUT2D eigenvalue weighted by molar-refractivity contribution is 9.11. The lowest BCUT2D eigenvalue weighted by molar-refractivity contribution is 0.559. The van der Waals surface area contributed by atoms with Gasteiger partial charge in [-0.3, -0.25) is 0 Å². The van der Waals surface area contributed by atoms with Gasteiger partial charge in [0.25, 0.3) is 0 Å². The van der Waals surface area contributed by atoms with Crippen LogP contribution < -0.4 is 4.72 Å². The minimum atomic E-state index is -3.14. The highest BCUT2D eigenvalue weighted by Gasteiger charge is 2.05. The van der Waals surface area contributed by atoms with Crippen LogP contribution in [0.2, 0.25) is 0 Å². The monoisotopic (exact) mass is 346 g/mol. The molecular weight excluding hydrogens is 340 g/mol. The van der Waals surface area contributed by atoms with Crippen molar-refractivity contribution in [2.75, 3.05) is 12.8 Å². The molecule has 0 aromatic carbocycles. The van der Waals surface area contributed by atoms with E-state index in [0.717, 1.165) is 6.26 Å². The van der Waals surface area contributed by atoms with E-state index < -0.39 is 10.0 Å². The molecular formula is C5H8Br2N4O2S. The first-order chi connectivity index (χ1) is 6.38. The zero-order valence-electron chi connectivity index (χ0n) is 7.24. The highest BCUT2D eigenvalue weighted by Crippen LogP contribution is 2.10. The summed E-state index contributed by atoms with van der Waals surface area (Å²) in [7, 11) is -3.14. The van der Waals surface area contributed by atoms with E-state index in [2.05, 4.69) is 46.7 Å². The van der Waals surface area contributed by atoms with Gasteiger partial charge in [-0.15, -0.1) is 5.10 Å². The van der Waals surface area contributed by atoms with Crippen LogP contribution in [-0.4, -0.2) is 36.0 Å². The summed E-state index contributed by atoms with van der Waals surface area (Å²) in [6, 6.07) is 0. The Morgan fingerprint density at radius 2 is 2.14 bits per heavy atom. The van der Waals surface area contributed by atoms with Gasteiger partial charge in [0.2, 0.25) is 14.8 Å². The fourth-order valence-corrected chi connectivity index (χ4v) is 2.26. The molecule has 9 heteroatoms. The van der Waals surface area contributed by atoms with Gasteiger partial charge in [-0.05, 0) is 31.9 Å². The Morgan fingerprint density at radius 3 is 2.57 bits per heavy atom. The predicted octanol–water partition coefficient (Wildman–Crippen LogP) is 0.352. The quantitative estimate of drug-likeness (QED) is 0.852. The van der Waals surface area contributed by atoms with Crippen LogP contribution in [0.25, 0.3) is 0 Å². The van der Waals surface area contributed by atoms with E-state index in [0.29, 0.717) is 16.0 Å². The van der Waals surface area contributed by atoms with Crippen molar-refractivity contribution in [2.24, 2.45) is 0 Å². The molecule has 0 amide bonds. The molecule has 0 aliphatic rings. The molecule has 0 atom stereocenters. The highest BCUT2D eigenvalue weighted by atomic mass is 79.9. The van der Waals surface area contributed by atoms with Gasteiger partial charge in [0.1, 0.15) is 0 Å². The second-order valence-electron chi connectivity index (χ2n) is 2.54. The average molecular weight is 348 g/mol. The lowest BCUT2D eigenvalue weighted by atomic mass is 10.7. The molecule has 0 bridgehead atoms. The van der Waals surface area contributed by atoms with Gasteiger partial charge in [0.15, 0.2) is 4.73 Å². The minimum absolute atomic E-state index is 0.285. The van der Waals surface area contributed by atoms with E-state index in [1.165, 1.54) is 0 Å². The molecule has 0 saturated heterocycles. The average Bonchev–Trinajstić information content (AvgIpc) is 2.27. The molecule has 1 rings (SSSR count). The SMILES string of the molecule is CS(=O)(=O)NCCn1nc(Br)nc1Br. The van der Waals surface area contributed by atoms with Crippen molar-refractivity contribution in [2.45, 2.75) is 6.54 Å². The number of nitrogens with zero attached hydrogens (tertiary/aromatic N) is 3. The molecule has 1 N–H and O–H groups in total. The summed E-state index contributed by atoms with van der Waals surface area (Å²) >= 11 is 6.28. The summed E-state index contributed by atoms with van der Waals surface area (Å²) in [5, 5.41) is 3.97. The third-order valence-corrected chi connectivity index (χ3v) is 2.94. The second-order valence-corrected chi connectivity index (χ2v) is 5.79. The largest absolute Gasteiger partial charge is 0.238 e. The molecule has 1 heterocycles. The second kappa shape index (κ2) is 4.69. The van der Waals surface area contributed by atoms with Crippen LogP contribution in [0.3, 0.4) is 0 Å². The zero-order valence-corrected chi connectivity index (χ0v) is 11.2. The van der Waals surface area contributed by atoms with E-state index in [4.69, 9.17) is 0 Å². The number of rotatable bonds is 4. The van der Waals surface area contributed by atoms with Crippen molar-refractivity contribution in [3.63, 3.8) is 0 Å². The van der Waals surface area contributed by atoms with Crippen LogP contribution in [0.5, 0.6) is 0 Å². The summed E-state index contributed by atoms with van der Waals surface area (Å²) < 4.78 is 26.4. The van der Waals surface area contributed by atoms with E-state index in [1.807, 2.05) is 0 Å². The topological polar surface area (TPSA) is 76.9 Å². The van der Waals surface area contributed by atoms with E-state index in [-0.39, 0.29) is 6.54 Å². The van der Waals surface area contributed by atoms with Gasteiger partial charge in [-0.25, -0.2) is 17.8 Å². The Labute approximate surface area is 98.4 Å². The van der Waals surface area contributed by atoms with Gasteiger partial charge in [-0.1, -0.05) is 0 Å². The maximum absolute atomic E-state index is 10.7. The Bertz CT molecular complexity index is 415. The number of halogens is 2. The number of nitrogens with one attached hydrogen (secondary N) is 1. The van der Waals surface area contributed by atoms with Gasteiger partial charge >= 0.3 is 0 Å². The minimum Gasteiger partial charge on any atom is -0.238 e. The molecule has 80 valence electrons. The number of hydrogen-bond donors (Lipinski definition) is 1. The summed E-state index contributed by atoms with van der Waals surface area (Å²) in [6.07, 6.45) is 1.11. The Morgan fingerprint density at radius 1 is 1.50 bits per heavy atom. The van der Waals surface area contributed by atoms with Crippen molar-refractivity contribution in [3.05, 3.63) is 9.47 Å². The van der Waals surface area contributed by atoms with Gasteiger partial charge in [0.05, 0.1) is 12.8 Å². The third-order valence-electron chi connectivity index (χ3n) is 1.29. The predicted molar refractivity (Wildman–Crippen MR) is 58.3 cm³/mol. The van der Waals surface area contributed by atoms with Crippen molar-refractivity contribution >= 4 is 41.9 Å². The van der Waals surface area contributed by atoms with Crippen LogP contribution >= 0.6 is 31.9 Å². The first-order valence-corrected chi connectivity index (χ1v) is 7.07. The van der Waals surface area contributed by atoms with Gasteiger partial charge in [0, 0.05) is 6.54 Å². The molecule has 0 unspecified atom stereocenters. The maximum Gasteiger partial charge on any atom is 0.218 e. The van der Waals surface area contributed by atoms with Gasteiger partial charge < -0.3 is 0 Å². The number of sulfonamides is 1. The third kappa shape index (κ3) is 4.03. The summed E-state index contributed by atoms with van der Waals surface area (Å²) in [4.78, 5) is 3.93. The molecule has 6 nitrogen and oxygen atoms in total. The van der Waals surface area contributed by atoms with Crippen LogP contribution in [-0.2, 0) is 16.6 Å². The zero-order chi connectivity index (χ0) is 10.8. The molecule has 1 aromatic rings. The van der Waals surface area contributed by atoms with Crippen molar-refractivity contribution in [1.29, 1.82) is 0 Å². The number of hydrogen-bond acceptors (Lipinski definition) is 4. The Hall–Kier alpha value is 0.01000. The molecule has 1 aromatic heterocycles. The van der Waals surface area contributed by atoms with Gasteiger partial charge in [-0.2, -0.15) is 4.98 Å². The van der Waals surface area contributed by atoms with E-state index in [9.17, 15) is 8.42 Å². The van der Waals surface area contributed by atoms with E-state index in [1.54, 1.807) is 4.68 Å². The maximum atomic E-state index is 10.7. The molecule has 0 spiro atoms. The van der Waals surface area contributed by atoms with Crippen LogP contribution in [0, 0.1) is 0 Å². The molecule has 0 radical (unpaired) electrons. The summed E-state index contributed by atoms with van der Waals surface area (Å²) in [6.45, 7) is 0.708. The van der Waals surface area contributed by atoms with Crippen molar-refractivity contribution in [3.8, 4) is 0 Å². The molecule has 14 heavy (non-hydrogen) atoms. The Balaban J connectivity index is 2.50. The van der Waals surface area contributed by atoms with Crippen molar-refractivity contribution in [1.82, 2.24) is 19.5 Å². The fraction of sp³-hybridized carbons (Fsp3) is 0.600. The summed E-state index contributed by atoms with van der Waals surface area (Å²) in [5.74, 6) is 0. The fourth-order valence-electron chi connectivity index (χ4n) is 0.776. The lowest BCUT2D eigenvalue weighted by Gasteiger charge is -2.02. The molecule has 0 fully saturated rings. The lowest BCUT2D eigenvalue weighted by Crippen LogP contribution is -2.26. The van der Waals surface area contributed by atoms with E-state index >= 15 is 0 Å². The normalized spacial score (nSPS) is 11.9. The van der Waals surface area contributed by atoms with Crippen molar-refractivity contribution < 1.29 is 8.42 Å². The van der Waals surface area contributed by atoms with Crippen LogP contribution in [0.15, 0.2) is 9.47 Å². The molecule has 0 saturated carbocycles. The van der Waals surface area contributed by atoms with Crippen LogP contribution in [0.1, 0.15) is 0 Å². The summed E-state index contributed by atoms with van der Waals surface area (Å²) in [5.41, 5.74) is 0. The Kier molecular flexibility index (Phi) is 4.04. The standard InChI is InChI=1S/C5H8Br2N4O2S/c1-14(12,13)8-2-3-11-5(7)9-4(6)10-11/h8H,2-3H2,1H3. The number of aromatic nitrogens is 3. The molecule has 0 aliphatic heterocycles. The first kappa shape index (κ1) is 12.1. The first-order valence-electron chi connectivity index (χ1n) is 3.59. The molecule has 0 aliphatic carbocycles. The van der Waals surface area contributed by atoms with Crippen LogP contribution in [0.4, 0.5) is 0 Å². The smallest absolute Gasteiger partial charge is 0.218 e.